The molecule has 6 heteroatoms. The fraction of sp³-hybridized carbons (Fsp3) is 0.667. The maximum absolute atomic E-state index is 11.6. The third kappa shape index (κ3) is 6.53. The van der Waals surface area contributed by atoms with E-state index in [1.165, 1.54) is 6.20 Å². The summed E-state index contributed by atoms with van der Waals surface area (Å²) in [5, 5.41) is 3.12. The molecule has 0 aromatic carbocycles. The second kappa shape index (κ2) is 9.28. The summed E-state index contributed by atoms with van der Waals surface area (Å²) in [6.45, 7) is 10.4. The van der Waals surface area contributed by atoms with Crippen molar-refractivity contribution in [2.75, 3.05) is 31.7 Å². The fourth-order valence-corrected chi connectivity index (χ4v) is 1.65. The number of anilines is 1. The van der Waals surface area contributed by atoms with Gasteiger partial charge >= 0.3 is 5.97 Å². The SMILES string of the molecule is CCOC(=O)c1cnc(NCCCOCC(C)C)nc1C. The van der Waals surface area contributed by atoms with Crippen molar-refractivity contribution in [2.24, 2.45) is 5.92 Å². The molecule has 1 N–H and O–H groups in total. The number of ether oxygens (including phenoxy) is 2. The van der Waals surface area contributed by atoms with E-state index < -0.39 is 0 Å². The van der Waals surface area contributed by atoms with Crippen molar-refractivity contribution in [3.63, 3.8) is 0 Å². The predicted octanol–water partition coefficient (Wildman–Crippen LogP) is 2.44. The van der Waals surface area contributed by atoms with E-state index in [1.54, 1.807) is 13.8 Å². The third-order valence-electron chi connectivity index (χ3n) is 2.67. The molecule has 21 heavy (non-hydrogen) atoms. The number of esters is 1. The first-order valence-corrected chi connectivity index (χ1v) is 7.37. The average Bonchev–Trinajstić information content (AvgIpc) is 2.42. The van der Waals surface area contributed by atoms with Crippen LogP contribution in [-0.2, 0) is 9.47 Å². The molecule has 0 radical (unpaired) electrons. The van der Waals surface area contributed by atoms with Gasteiger partial charge in [-0.05, 0) is 26.2 Å². The van der Waals surface area contributed by atoms with Gasteiger partial charge in [0.15, 0.2) is 0 Å². The van der Waals surface area contributed by atoms with E-state index in [0.29, 0.717) is 36.3 Å². The van der Waals surface area contributed by atoms with Crippen LogP contribution >= 0.6 is 0 Å². The summed E-state index contributed by atoms with van der Waals surface area (Å²) in [5.74, 6) is 0.687. The van der Waals surface area contributed by atoms with Crippen molar-refractivity contribution in [1.82, 2.24) is 9.97 Å². The average molecular weight is 295 g/mol. The normalized spacial score (nSPS) is 10.7. The van der Waals surface area contributed by atoms with Crippen molar-refractivity contribution in [3.8, 4) is 0 Å². The highest BCUT2D eigenvalue weighted by Crippen LogP contribution is 2.08. The quantitative estimate of drug-likeness (QED) is 0.557. The summed E-state index contributed by atoms with van der Waals surface area (Å²) in [5.41, 5.74) is 1.02. The Balaban J connectivity index is 2.37. The maximum Gasteiger partial charge on any atom is 0.341 e. The van der Waals surface area contributed by atoms with Crippen LogP contribution in [-0.4, -0.2) is 42.3 Å². The Labute approximate surface area is 126 Å². The first-order valence-electron chi connectivity index (χ1n) is 7.37. The van der Waals surface area contributed by atoms with Gasteiger partial charge in [-0.1, -0.05) is 13.8 Å². The van der Waals surface area contributed by atoms with Crippen LogP contribution in [0.25, 0.3) is 0 Å². The highest BCUT2D eigenvalue weighted by atomic mass is 16.5. The molecule has 0 aliphatic heterocycles. The van der Waals surface area contributed by atoms with Crippen molar-refractivity contribution in [3.05, 3.63) is 17.5 Å². The molecular weight excluding hydrogens is 270 g/mol. The van der Waals surface area contributed by atoms with Crippen molar-refractivity contribution < 1.29 is 14.3 Å². The Morgan fingerprint density at radius 3 is 2.81 bits per heavy atom. The highest BCUT2D eigenvalue weighted by molar-refractivity contribution is 5.90. The topological polar surface area (TPSA) is 73.3 Å². The van der Waals surface area contributed by atoms with Gasteiger partial charge in [0.05, 0.1) is 17.9 Å². The van der Waals surface area contributed by atoms with Gasteiger partial charge in [-0.25, -0.2) is 14.8 Å². The van der Waals surface area contributed by atoms with Crippen LogP contribution in [0.3, 0.4) is 0 Å². The Hall–Kier alpha value is -1.69. The monoisotopic (exact) mass is 295 g/mol. The number of rotatable bonds is 9. The smallest absolute Gasteiger partial charge is 0.341 e. The number of aromatic nitrogens is 2. The first-order chi connectivity index (χ1) is 10.0. The van der Waals surface area contributed by atoms with Crippen LogP contribution in [0.5, 0.6) is 0 Å². The Bertz CT molecular complexity index is 450. The Morgan fingerprint density at radius 2 is 2.19 bits per heavy atom. The second-order valence-corrected chi connectivity index (χ2v) is 5.16. The minimum absolute atomic E-state index is 0.342. The number of nitrogens with zero attached hydrogens (tertiary/aromatic N) is 2. The van der Waals surface area contributed by atoms with Gasteiger partial charge in [0.25, 0.3) is 0 Å². The molecule has 1 aromatic heterocycles. The lowest BCUT2D eigenvalue weighted by atomic mass is 10.2. The fourth-order valence-electron chi connectivity index (χ4n) is 1.65. The van der Waals surface area contributed by atoms with Crippen LogP contribution in [0.4, 0.5) is 5.95 Å². The first kappa shape index (κ1) is 17.4. The number of hydrogen-bond acceptors (Lipinski definition) is 6. The van der Waals surface area contributed by atoms with Crippen LogP contribution in [0.2, 0.25) is 0 Å². The summed E-state index contributed by atoms with van der Waals surface area (Å²) < 4.78 is 10.4. The summed E-state index contributed by atoms with van der Waals surface area (Å²) in [7, 11) is 0. The molecule has 0 atom stereocenters. The van der Waals surface area contributed by atoms with Crippen LogP contribution < -0.4 is 5.32 Å². The molecule has 0 saturated carbocycles. The number of aryl methyl sites for hydroxylation is 1. The van der Waals surface area contributed by atoms with E-state index in [9.17, 15) is 4.79 Å². The maximum atomic E-state index is 11.6. The van der Waals surface area contributed by atoms with Gasteiger partial charge in [-0.2, -0.15) is 0 Å². The Kier molecular flexibility index (Phi) is 7.68. The number of nitrogens with one attached hydrogen (secondary N) is 1. The largest absolute Gasteiger partial charge is 0.462 e. The Morgan fingerprint density at radius 1 is 1.43 bits per heavy atom. The van der Waals surface area contributed by atoms with Crippen LogP contribution in [0.1, 0.15) is 43.2 Å². The minimum atomic E-state index is -0.386. The molecule has 0 bridgehead atoms. The summed E-state index contributed by atoms with van der Waals surface area (Å²) >= 11 is 0. The molecule has 118 valence electrons. The van der Waals surface area contributed by atoms with Gasteiger partial charge < -0.3 is 14.8 Å². The highest BCUT2D eigenvalue weighted by Gasteiger charge is 2.12. The molecule has 0 unspecified atom stereocenters. The minimum Gasteiger partial charge on any atom is -0.462 e. The number of carbonyl (C=O) groups is 1. The van der Waals surface area contributed by atoms with E-state index in [4.69, 9.17) is 9.47 Å². The molecule has 0 fully saturated rings. The van der Waals surface area contributed by atoms with E-state index in [2.05, 4.69) is 29.1 Å². The molecule has 0 aliphatic carbocycles. The standard InChI is InChI=1S/C15H25N3O3/c1-5-21-14(19)13-9-17-15(18-12(13)4)16-7-6-8-20-10-11(2)3/h9,11H,5-8,10H2,1-4H3,(H,16,17,18). The predicted molar refractivity (Wildman–Crippen MR) is 81.5 cm³/mol. The zero-order valence-electron chi connectivity index (χ0n) is 13.3. The molecule has 1 aromatic rings. The summed E-state index contributed by atoms with van der Waals surface area (Å²) in [6.07, 6.45) is 2.38. The number of carbonyl (C=O) groups excluding carboxylic acids is 1. The summed E-state index contributed by atoms with van der Waals surface area (Å²) in [4.78, 5) is 20.0. The van der Waals surface area contributed by atoms with Gasteiger partial charge in [-0.3, -0.25) is 0 Å². The molecule has 1 rings (SSSR count). The second-order valence-electron chi connectivity index (χ2n) is 5.16. The molecule has 6 nitrogen and oxygen atoms in total. The van der Waals surface area contributed by atoms with E-state index in [0.717, 1.165) is 19.6 Å². The lowest BCUT2D eigenvalue weighted by Gasteiger charge is -2.09. The lowest BCUT2D eigenvalue weighted by Crippen LogP contribution is -2.13. The summed E-state index contributed by atoms with van der Waals surface area (Å²) in [6, 6.07) is 0. The van der Waals surface area contributed by atoms with E-state index in [-0.39, 0.29) is 5.97 Å². The lowest BCUT2D eigenvalue weighted by molar-refractivity contribution is 0.0524. The van der Waals surface area contributed by atoms with Crippen LogP contribution in [0, 0.1) is 12.8 Å². The zero-order chi connectivity index (χ0) is 15.7. The zero-order valence-corrected chi connectivity index (χ0v) is 13.3. The van der Waals surface area contributed by atoms with Gasteiger partial charge in [0, 0.05) is 26.0 Å². The van der Waals surface area contributed by atoms with Gasteiger partial charge in [0.1, 0.15) is 0 Å². The van der Waals surface area contributed by atoms with Gasteiger partial charge in [-0.15, -0.1) is 0 Å². The molecule has 1 heterocycles. The number of hydrogen-bond donors (Lipinski definition) is 1. The molecule has 0 amide bonds. The van der Waals surface area contributed by atoms with Crippen molar-refractivity contribution in [1.29, 1.82) is 0 Å². The van der Waals surface area contributed by atoms with E-state index in [1.807, 2.05) is 0 Å². The van der Waals surface area contributed by atoms with E-state index >= 15 is 0 Å². The van der Waals surface area contributed by atoms with Gasteiger partial charge in [0.2, 0.25) is 5.95 Å². The molecular formula is C15H25N3O3. The van der Waals surface area contributed by atoms with Crippen molar-refractivity contribution >= 4 is 11.9 Å². The van der Waals surface area contributed by atoms with Crippen molar-refractivity contribution in [2.45, 2.75) is 34.1 Å². The molecule has 0 aliphatic rings. The van der Waals surface area contributed by atoms with Crippen LogP contribution in [0.15, 0.2) is 6.20 Å². The molecule has 0 saturated heterocycles. The molecule has 0 spiro atoms. The third-order valence-corrected chi connectivity index (χ3v) is 2.67.